The van der Waals surface area contributed by atoms with Crippen LogP contribution in [0.2, 0.25) is 0 Å². The first kappa shape index (κ1) is 15.7. The molecular weight excluding hydrogens is 334 g/mol. The quantitative estimate of drug-likeness (QED) is 0.665. The maximum Gasteiger partial charge on any atom is 0.263 e. The molecule has 0 bridgehead atoms. The first-order chi connectivity index (χ1) is 12.2. The Kier molecular flexibility index (Phi) is 4.12. The van der Waals surface area contributed by atoms with Crippen LogP contribution >= 0.6 is 11.3 Å². The highest BCUT2D eigenvalue weighted by molar-refractivity contribution is 7.10. The lowest BCUT2D eigenvalue weighted by Crippen LogP contribution is -2.09. The standard InChI is InChI=1S/C18H15N5OS/c1-12(24)23-21-18(20-22-23)15-7-2-4-13(10-15)8-9-17-19-16(11-25-17)14-5-3-6-14/h2,4,7,10-11,14H,3,5-6H2,1H3. The molecule has 25 heavy (non-hydrogen) atoms. The van der Waals surface area contributed by atoms with Crippen LogP contribution in [0.1, 0.15) is 53.2 Å². The van der Waals surface area contributed by atoms with Crippen LogP contribution in [0.3, 0.4) is 0 Å². The van der Waals surface area contributed by atoms with Crippen LogP contribution in [-0.2, 0) is 0 Å². The van der Waals surface area contributed by atoms with Crippen LogP contribution in [0, 0.1) is 11.8 Å². The molecule has 7 heteroatoms. The molecule has 0 atom stereocenters. The molecule has 0 unspecified atom stereocenters. The topological polar surface area (TPSA) is 73.6 Å². The highest BCUT2D eigenvalue weighted by Gasteiger charge is 2.21. The lowest BCUT2D eigenvalue weighted by Gasteiger charge is -2.22. The van der Waals surface area contributed by atoms with E-state index < -0.39 is 0 Å². The van der Waals surface area contributed by atoms with Crippen molar-refractivity contribution in [3.8, 4) is 23.2 Å². The molecule has 2 aromatic heterocycles. The van der Waals surface area contributed by atoms with Crippen molar-refractivity contribution >= 4 is 17.2 Å². The lowest BCUT2D eigenvalue weighted by molar-refractivity contribution is 0.0901. The van der Waals surface area contributed by atoms with Gasteiger partial charge in [0.05, 0.1) is 5.69 Å². The SMILES string of the molecule is CC(=O)n1nnc(-c2cccc(C#Cc3nc(C4CCC4)cs3)c2)n1. The van der Waals surface area contributed by atoms with Crippen LogP contribution in [0.15, 0.2) is 29.6 Å². The third-order valence-corrected chi connectivity index (χ3v) is 4.95. The number of nitrogens with zero attached hydrogens (tertiary/aromatic N) is 5. The van der Waals surface area contributed by atoms with Crippen LogP contribution < -0.4 is 0 Å². The minimum Gasteiger partial charge on any atom is -0.271 e. The van der Waals surface area contributed by atoms with Crippen LogP contribution in [0.25, 0.3) is 11.4 Å². The molecule has 6 nitrogen and oxygen atoms in total. The Labute approximate surface area is 148 Å². The second kappa shape index (κ2) is 6.57. The fourth-order valence-corrected chi connectivity index (χ4v) is 3.31. The molecule has 0 spiro atoms. The average Bonchev–Trinajstić information content (AvgIpc) is 3.21. The third kappa shape index (κ3) is 3.35. The molecule has 1 aliphatic carbocycles. The zero-order valence-corrected chi connectivity index (χ0v) is 14.5. The number of tetrazole rings is 1. The molecule has 1 fully saturated rings. The predicted octanol–water partition coefficient (Wildman–Crippen LogP) is 3.12. The van der Waals surface area contributed by atoms with Crippen LogP contribution in [-0.4, -0.2) is 31.1 Å². The number of benzene rings is 1. The minimum absolute atomic E-state index is 0.277. The predicted molar refractivity (Wildman–Crippen MR) is 94.2 cm³/mol. The van der Waals surface area contributed by atoms with Gasteiger partial charge in [0.1, 0.15) is 0 Å². The molecule has 0 radical (unpaired) electrons. The second-order valence-corrected chi connectivity index (χ2v) is 6.82. The Morgan fingerprint density at radius 2 is 2.20 bits per heavy atom. The number of thiazole rings is 1. The molecule has 124 valence electrons. The summed E-state index contributed by atoms with van der Waals surface area (Å²) in [5.74, 6) is 7.02. The van der Waals surface area contributed by atoms with E-state index in [0.29, 0.717) is 11.7 Å². The van der Waals surface area contributed by atoms with E-state index in [0.717, 1.165) is 20.9 Å². The Hall–Kier alpha value is -2.85. The van der Waals surface area contributed by atoms with Crippen LogP contribution in [0.5, 0.6) is 0 Å². The third-order valence-electron chi connectivity index (χ3n) is 4.18. The van der Waals surface area contributed by atoms with E-state index in [1.165, 1.54) is 31.9 Å². The maximum atomic E-state index is 11.3. The van der Waals surface area contributed by atoms with Gasteiger partial charge in [-0.25, -0.2) is 4.98 Å². The summed E-state index contributed by atoms with van der Waals surface area (Å²) < 4.78 is 0. The van der Waals surface area contributed by atoms with Crippen molar-refractivity contribution in [3.63, 3.8) is 0 Å². The molecule has 2 heterocycles. The molecule has 0 saturated heterocycles. The van der Waals surface area contributed by atoms with E-state index in [1.807, 2.05) is 24.3 Å². The van der Waals surface area contributed by atoms with Gasteiger partial charge in [0, 0.05) is 29.3 Å². The largest absolute Gasteiger partial charge is 0.271 e. The number of hydrogen-bond acceptors (Lipinski definition) is 6. The fraction of sp³-hybridized carbons (Fsp3) is 0.278. The molecule has 3 aromatic rings. The summed E-state index contributed by atoms with van der Waals surface area (Å²) >= 11 is 1.59. The minimum atomic E-state index is -0.277. The van der Waals surface area contributed by atoms with Gasteiger partial charge in [0.25, 0.3) is 5.91 Å². The molecule has 1 aromatic carbocycles. The first-order valence-electron chi connectivity index (χ1n) is 8.08. The summed E-state index contributed by atoms with van der Waals surface area (Å²) in [6.45, 7) is 1.39. The molecule has 1 aliphatic rings. The number of carbonyl (C=O) groups excluding carboxylic acids is 1. The molecule has 1 saturated carbocycles. The Bertz CT molecular complexity index is 990. The summed E-state index contributed by atoms with van der Waals surface area (Å²) in [6, 6.07) is 7.56. The summed E-state index contributed by atoms with van der Waals surface area (Å²) in [6.07, 6.45) is 3.79. The summed E-state index contributed by atoms with van der Waals surface area (Å²) in [4.78, 5) is 16.9. The normalized spacial score (nSPS) is 13.8. The van der Waals surface area contributed by atoms with Crippen molar-refractivity contribution in [2.24, 2.45) is 0 Å². The highest BCUT2D eigenvalue weighted by Crippen LogP contribution is 2.36. The van der Waals surface area contributed by atoms with E-state index in [1.54, 1.807) is 11.3 Å². The zero-order chi connectivity index (χ0) is 17.2. The first-order valence-corrected chi connectivity index (χ1v) is 8.96. The number of hydrogen-bond donors (Lipinski definition) is 0. The van der Waals surface area contributed by atoms with Crippen molar-refractivity contribution in [3.05, 3.63) is 45.9 Å². The summed E-state index contributed by atoms with van der Waals surface area (Å²) in [7, 11) is 0. The monoisotopic (exact) mass is 349 g/mol. The lowest BCUT2D eigenvalue weighted by atomic mass is 9.83. The number of carbonyl (C=O) groups is 1. The van der Waals surface area contributed by atoms with E-state index in [2.05, 4.69) is 37.6 Å². The van der Waals surface area contributed by atoms with Gasteiger partial charge in [0.15, 0.2) is 5.01 Å². The maximum absolute atomic E-state index is 11.3. The van der Waals surface area contributed by atoms with Gasteiger partial charge in [-0.2, -0.15) is 0 Å². The molecular formula is C18H15N5OS. The van der Waals surface area contributed by atoms with Crippen molar-refractivity contribution in [2.75, 3.05) is 0 Å². The fourth-order valence-electron chi connectivity index (χ4n) is 2.56. The smallest absolute Gasteiger partial charge is 0.263 e. The Balaban J connectivity index is 1.55. The van der Waals surface area contributed by atoms with E-state index in [4.69, 9.17) is 0 Å². The number of aromatic nitrogens is 5. The molecule has 4 rings (SSSR count). The number of rotatable bonds is 2. The van der Waals surface area contributed by atoms with Crippen molar-refractivity contribution < 1.29 is 4.79 Å². The van der Waals surface area contributed by atoms with Gasteiger partial charge in [-0.1, -0.05) is 29.3 Å². The van der Waals surface area contributed by atoms with Gasteiger partial charge in [0.2, 0.25) is 5.82 Å². The van der Waals surface area contributed by atoms with Gasteiger partial charge < -0.3 is 0 Å². The van der Waals surface area contributed by atoms with Crippen molar-refractivity contribution in [2.45, 2.75) is 32.1 Å². The van der Waals surface area contributed by atoms with E-state index >= 15 is 0 Å². The van der Waals surface area contributed by atoms with Gasteiger partial charge in [-0.3, -0.25) is 4.79 Å². The summed E-state index contributed by atoms with van der Waals surface area (Å²) in [5, 5.41) is 14.7. The zero-order valence-electron chi connectivity index (χ0n) is 13.6. The van der Waals surface area contributed by atoms with Crippen molar-refractivity contribution in [1.29, 1.82) is 0 Å². The van der Waals surface area contributed by atoms with E-state index in [9.17, 15) is 4.79 Å². The highest BCUT2D eigenvalue weighted by atomic mass is 32.1. The summed E-state index contributed by atoms with van der Waals surface area (Å²) in [5.41, 5.74) is 2.80. The van der Waals surface area contributed by atoms with Gasteiger partial charge >= 0.3 is 0 Å². The average molecular weight is 349 g/mol. The Morgan fingerprint density at radius 1 is 1.32 bits per heavy atom. The van der Waals surface area contributed by atoms with E-state index in [-0.39, 0.29) is 5.91 Å². The molecule has 0 N–H and O–H groups in total. The molecule has 0 aliphatic heterocycles. The van der Waals surface area contributed by atoms with Crippen LogP contribution in [0.4, 0.5) is 0 Å². The molecule has 0 amide bonds. The second-order valence-electron chi connectivity index (χ2n) is 5.96. The van der Waals surface area contributed by atoms with Crippen molar-refractivity contribution in [1.82, 2.24) is 25.2 Å². The van der Waals surface area contributed by atoms with Gasteiger partial charge in [-0.05, 0) is 36.1 Å². The van der Waals surface area contributed by atoms with Gasteiger partial charge in [-0.15, -0.1) is 21.5 Å². The Morgan fingerprint density at radius 3 is 2.92 bits per heavy atom.